The first-order chi connectivity index (χ1) is 16.3. The number of benzene rings is 2. The first-order valence-corrected chi connectivity index (χ1v) is 12.1. The van der Waals surface area contributed by atoms with Crippen LogP contribution in [-0.2, 0) is 29.2 Å². The number of carbonyl (C=O) groups is 2. The van der Waals surface area contributed by atoms with Crippen molar-refractivity contribution < 1.29 is 9.59 Å². The van der Waals surface area contributed by atoms with Crippen LogP contribution >= 0.6 is 0 Å². The van der Waals surface area contributed by atoms with E-state index in [1.807, 2.05) is 87.2 Å². The molecule has 0 aliphatic carbocycles. The fourth-order valence-corrected chi connectivity index (χ4v) is 4.03. The van der Waals surface area contributed by atoms with Crippen LogP contribution in [0.5, 0.6) is 0 Å². The third-order valence-corrected chi connectivity index (χ3v) is 5.87. The Balaban J connectivity index is 1.81. The van der Waals surface area contributed by atoms with Gasteiger partial charge in [0.15, 0.2) is 0 Å². The summed E-state index contributed by atoms with van der Waals surface area (Å²) in [7, 11) is 0. The molecular formula is C29H37N3O2. The Kier molecular flexibility index (Phi) is 9.08. The van der Waals surface area contributed by atoms with E-state index in [2.05, 4.69) is 29.0 Å². The molecular weight excluding hydrogens is 422 g/mol. The van der Waals surface area contributed by atoms with Gasteiger partial charge >= 0.3 is 0 Å². The molecule has 1 aromatic heterocycles. The van der Waals surface area contributed by atoms with Gasteiger partial charge in [-0.2, -0.15) is 0 Å². The second-order valence-electron chi connectivity index (χ2n) is 9.56. The molecule has 180 valence electrons. The minimum absolute atomic E-state index is 0.0317. The van der Waals surface area contributed by atoms with Crippen molar-refractivity contribution in [2.75, 3.05) is 6.54 Å². The fourth-order valence-electron chi connectivity index (χ4n) is 4.03. The van der Waals surface area contributed by atoms with E-state index >= 15 is 0 Å². The van der Waals surface area contributed by atoms with Gasteiger partial charge in [-0.3, -0.25) is 9.59 Å². The number of carbonyl (C=O) groups excluding carboxylic acids is 2. The molecule has 2 aromatic carbocycles. The molecule has 0 unspecified atom stereocenters. The smallest absolute Gasteiger partial charge is 0.242 e. The van der Waals surface area contributed by atoms with Crippen LogP contribution in [0.1, 0.15) is 50.9 Å². The number of hydrogen-bond acceptors (Lipinski definition) is 2. The summed E-state index contributed by atoms with van der Waals surface area (Å²) in [6.45, 7) is 9.83. The molecule has 0 bridgehead atoms. The van der Waals surface area contributed by atoms with Crippen LogP contribution in [0.3, 0.4) is 0 Å². The molecule has 34 heavy (non-hydrogen) atoms. The largest absolute Gasteiger partial charge is 0.345 e. The highest BCUT2D eigenvalue weighted by molar-refractivity contribution is 5.85. The summed E-state index contributed by atoms with van der Waals surface area (Å²) in [5.74, 6) is 0.248. The highest BCUT2D eigenvalue weighted by Crippen LogP contribution is 2.15. The van der Waals surface area contributed by atoms with Crippen LogP contribution < -0.4 is 0 Å². The van der Waals surface area contributed by atoms with Crippen LogP contribution in [0.4, 0.5) is 0 Å². The standard InChI is InChI=1S/C29H37N3O2/c1-23(2)18-28(33)32(24(3)4)22-29(34)31(20-26-14-9-6-10-15-26)21-27-16-11-17-30(27)19-25-12-7-5-8-13-25/h5-17,23-24H,18-22H2,1-4H3. The average Bonchev–Trinajstić information content (AvgIpc) is 3.24. The molecule has 0 atom stereocenters. The first kappa shape index (κ1) is 25.3. The predicted molar refractivity (Wildman–Crippen MR) is 137 cm³/mol. The molecule has 0 N–H and O–H groups in total. The van der Waals surface area contributed by atoms with Crippen LogP contribution in [0, 0.1) is 5.92 Å². The van der Waals surface area contributed by atoms with Gasteiger partial charge in [-0.15, -0.1) is 0 Å². The van der Waals surface area contributed by atoms with Crippen molar-refractivity contribution in [3.63, 3.8) is 0 Å². The van der Waals surface area contributed by atoms with E-state index in [9.17, 15) is 9.59 Å². The van der Waals surface area contributed by atoms with Crippen LogP contribution in [0.25, 0.3) is 0 Å². The topological polar surface area (TPSA) is 45.6 Å². The molecule has 0 fully saturated rings. The molecule has 3 aromatic rings. The van der Waals surface area contributed by atoms with Crippen molar-refractivity contribution in [1.29, 1.82) is 0 Å². The van der Waals surface area contributed by atoms with Gasteiger partial charge in [0.2, 0.25) is 11.8 Å². The molecule has 5 nitrogen and oxygen atoms in total. The molecule has 1 heterocycles. The van der Waals surface area contributed by atoms with E-state index in [0.29, 0.717) is 19.5 Å². The summed E-state index contributed by atoms with van der Waals surface area (Å²) in [6, 6.07) is 24.4. The van der Waals surface area contributed by atoms with Gasteiger partial charge < -0.3 is 14.4 Å². The lowest BCUT2D eigenvalue weighted by Crippen LogP contribution is -2.45. The number of hydrogen-bond donors (Lipinski definition) is 0. The lowest BCUT2D eigenvalue weighted by Gasteiger charge is -2.31. The summed E-state index contributed by atoms with van der Waals surface area (Å²) in [5.41, 5.74) is 3.35. The number of nitrogens with zero attached hydrogens (tertiary/aromatic N) is 3. The Bertz CT molecular complexity index is 1040. The average molecular weight is 460 g/mol. The third kappa shape index (κ3) is 7.34. The number of aromatic nitrogens is 1. The Morgan fingerprint density at radius 1 is 0.765 bits per heavy atom. The summed E-state index contributed by atoms with van der Waals surface area (Å²) in [5, 5.41) is 0. The molecule has 2 amide bonds. The first-order valence-electron chi connectivity index (χ1n) is 12.1. The zero-order valence-electron chi connectivity index (χ0n) is 20.9. The predicted octanol–water partition coefficient (Wildman–Crippen LogP) is 5.35. The number of rotatable bonds is 11. The lowest BCUT2D eigenvalue weighted by atomic mass is 10.1. The zero-order valence-corrected chi connectivity index (χ0v) is 20.9. The Morgan fingerprint density at radius 2 is 1.38 bits per heavy atom. The van der Waals surface area contributed by atoms with Gasteiger partial charge in [-0.1, -0.05) is 74.5 Å². The van der Waals surface area contributed by atoms with E-state index in [0.717, 1.165) is 17.8 Å². The molecule has 0 saturated carbocycles. The quantitative estimate of drug-likeness (QED) is 0.388. The van der Waals surface area contributed by atoms with Crippen LogP contribution in [0.2, 0.25) is 0 Å². The molecule has 5 heteroatoms. The van der Waals surface area contributed by atoms with Gasteiger partial charge in [0.05, 0.1) is 13.1 Å². The van der Waals surface area contributed by atoms with Crippen molar-refractivity contribution in [1.82, 2.24) is 14.4 Å². The maximum absolute atomic E-state index is 13.6. The van der Waals surface area contributed by atoms with E-state index in [1.54, 1.807) is 4.90 Å². The van der Waals surface area contributed by atoms with E-state index in [1.165, 1.54) is 5.56 Å². The van der Waals surface area contributed by atoms with Gasteiger partial charge in [-0.05, 0) is 43.0 Å². The van der Waals surface area contributed by atoms with Gasteiger partial charge in [-0.25, -0.2) is 0 Å². The van der Waals surface area contributed by atoms with Crippen molar-refractivity contribution in [2.45, 2.75) is 59.8 Å². The molecule has 0 spiro atoms. The third-order valence-electron chi connectivity index (χ3n) is 5.87. The van der Waals surface area contributed by atoms with Gasteiger partial charge in [0.25, 0.3) is 0 Å². The number of amides is 2. The van der Waals surface area contributed by atoms with Crippen molar-refractivity contribution in [2.24, 2.45) is 5.92 Å². The van der Waals surface area contributed by atoms with Gasteiger partial charge in [0.1, 0.15) is 0 Å². The van der Waals surface area contributed by atoms with Crippen LogP contribution in [0.15, 0.2) is 79.0 Å². The Labute approximate surface area is 204 Å². The molecule has 0 radical (unpaired) electrons. The molecule has 0 saturated heterocycles. The van der Waals surface area contributed by atoms with E-state index in [-0.39, 0.29) is 30.3 Å². The molecule has 0 aliphatic heterocycles. The summed E-state index contributed by atoms with van der Waals surface area (Å²) < 4.78 is 2.19. The molecule has 3 rings (SSSR count). The monoisotopic (exact) mass is 459 g/mol. The Morgan fingerprint density at radius 3 is 1.97 bits per heavy atom. The van der Waals surface area contributed by atoms with E-state index in [4.69, 9.17) is 0 Å². The SMILES string of the molecule is CC(C)CC(=O)N(CC(=O)N(Cc1ccccc1)Cc1cccn1Cc1ccccc1)C(C)C. The minimum Gasteiger partial charge on any atom is -0.345 e. The van der Waals surface area contributed by atoms with Crippen molar-refractivity contribution in [3.05, 3.63) is 95.8 Å². The fraction of sp³-hybridized carbons (Fsp3) is 0.379. The van der Waals surface area contributed by atoms with Gasteiger partial charge in [0, 0.05) is 37.4 Å². The highest BCUT2D eigenvalue weighted by Gasteiger charge is 2.24. The zero-order chi connectivity index (χ0) is 24.5. The summed E-state index contributed by atoms with van der Waals surface area (Å²) >= 11 is 0. The van der Waals surface area contributed by atoms with Crippen molar-refractivity contribution in [3.8, 4) is 0 Å². The minimum atomic E-state index is -0.0397. The second-order valence-corrected chi connectivity index (χ2v) is 9.56. The Hall–Kier alpha value is -3.34. The summed E-state index contributed by atoms with van der Waals surface area (Å²) in [6.07, 6.45) is 2.50. The van der Waals surface area contributed by atoms with E-state index < -0.39 is 0 Å². The maximum atomic E-state index is 13.6. The second kappa shape index (κ2) is 12.2. The van der Waals surface area contributed by atoms with Crippen LogP contribution in [-0.4, -0.2) is 38.8 Å². The molecule has 0 aliphatic rings. The highest BCUT2D eigenvalue weighted by atomic mass is 16.2. The maximum Gasteiger partial charge on any atom is 0.242 e. The lowest BCUT2D eigenvalue weighted by molar-refractivity contribution is -0.143. The summed E-state index contributed by atoms with van der Waals surface area (Å²) in [4.78, 5) is 30.0. The van der Waals surface area contributed by atoms with Crippen molar-refractivity contribution >= 4 is 11.8 Å². The normalized spacial score (nSPS) is 11.1.